The average Bonchev–Trinajstić information content (AvgIpc) is 3.70. The standard InChI is InChI=1S/C61H43N5/c1-42-39-46(57-35-29-45-25-24-44-15-14-38-62-60(44)61(45)63-57)28-34-54(42)43-26-30-51(31-27-43)66-58-36-32-52(64(47-16-6-2-7-17-47)48-18-8-3-9-19-48)40-55(58)56-41-53(33-37-59(56)66)65(49-20-10-4-11-21-49)50-22-12-5-13-23-50/h2-41H,1H3. The van der Waals surface area contributed by atoms with Crippen LogP contribution in [0.4, 0.5) is 34.1 Å². The first-order valence-corrected chi connectivity index (χ1v) is 22.4. The molecule has 12 rings (SSSR count). The minimum atomic E-state index is 0.926. The Balaban J connectivity index is 0.975. The number of aromatic nitrogens is 3. The van der Waals surface area contributed by atoms with E-state index in [9.17, 15) is 0 Å². The lowest BCUT2D eigenvalue weighted by Gasteiger charge is -2.26. The van der Waals surface area contributed by atoms with Gasteiger partial charge in [0.2, 0.25) is 0 Å². The zero-order chi connectivity index (χ0) is 44.0. The molecule has 0 saturated heterocycles. The number of anilines is 6. The number of pyridine rings is 2. The van der Waals surface area contributed by atoms with E-state index >= 15 is 0 Å². The molecule has 0 aliphatic carbocycles. The van der Waals surface area contributed by atoms with E-state index < -0.39 is 0 Å². The molecule has 0 aliphatic heterocycles. The molecule has 3 aromatic heterocycles. The summed E-state index contributed by atoms with van der Waals surface area (Å²) in [5.74, 6) is 0. The number of rotatable bonds is 9. The quantitative estimate of drug-likeness (QED) is 0.136. The molecule has 0 spiro atoms. The van der Waals surface area contributed by atoms with Gasteiger partial charge in [0.15, 0.2) is 0 Å². The van der Waals surface area contributed by atoms with Crippen LogP contribution in [0.1, 0.15) is 5.56 Å². The Morgan fingerprint density at radius 2 is 0.864 bits per heavy atom. The van der Waals surface area contributed by atoms with Crippen LogP contribution in [0.5, 0.6) is 0 Å². The first-order valence-electron chi connectivity index (χ1n) is 22.4. The van der Waals surface area contributed by atoms with Crippen LogP contribution in [-0.2, 0) is 0 Å². The number of hydrogen-bond acceptors (Lipinski definition) is 4. The van der Waals surface area contributed by atoms with Gasteiger partial charge in [0.25, 0.3) is 0 Å². The molecular formula is C61H43N5. The van der Waals surface area contributed by atoms with Gasteiger partial charge in [0.1, 0.15) is 0 Å². The SMILES string of the molecule is Cc1cc(-c2ccc3ccc4cccnc4c3n2)ccc1-c1ccc(-n2c3ccc(N(c4ccccc4)c4ccccc4)cc3c3cc(N(c4ccccc4)c4ccccc4)ccc32)cc1. The number of hydrogen-bond donors (Lipinski definition) is 0. The summed E-state index contributed by atoms with van der Waals surface area (Å²) < 4.78 is 2.41. The van der Waals surface area contributed by atoms with E-state index in [1.165, 1.54) is 21.9 Å². The van der Waals surface area contributed by atoms with Gasteiger partial charge in [0.05, 0.1) is 27.8 Å². The van der Waals surface area contributed by atoms with Crippen LogP contribution >= 0.6 is 0 Å². The van der Waals surface area contributed by atoms with Crippen LogP contribution < -0.4 is 9.80 Å². The molecule has 0 saturated carbocycles. The third kappa shape index (κ3) is 6.91. The van der Waals surface area contributed by atoms with Crippen LogP contribution in [0.15, 0.2) is 243 Å². The van der Waals surface area contributed by atoms with E-state index in [1.54, 1.807) is 0 Å². The van der Waals surface area contributed by atoms with Crippen molar-refractivity contribution in [2.24, 2.45) is 0 Å². The maximum Gasteiger partial charge on any atom is 0.0972 e. The van der Waals surface area contributed by atoms with Crippen LogP contribution in [0, 0.1) is 6.92 Å². The number of para-hydroxylation sites is 4. The van der Waals surface area contributed by atoms with Gasteiger partial charge in [-0.25, -0.2) is 4.98 Å². The molecule has 12 aromatic rings. The molecule has 9 aromatic carbocycles. The second-order valence-electron chi connectivity index (χ2n) is 16.7. The van der Waals surface area contributed by atoms with Gasteiger partial charge in [-0.15, -0.1) is 0 Å². The summed E-state index contributed by atoms with van der Waals surface area (Å²) in [4.78, 5) is 14.5. The van der Waals surface area contributed by atoms with E-state index in [1.807, 2.05) is 12.3 Å². The normalized spacial score (nSPS) is 11.4. The van der Waals surface area contributed by atoms with E-state index in [2.05, 4.69) is 257 Å². The fourth-order valence-corrected chi connectivity index (χ4v) is 9.58. The molecule has 0 unspecified atom stereocenters. The number of aryl methyl sites for hydroxylation is 1. The molecule has 0 fully saturated rings. The summed E-state index contributed by atoms with van der Waals surface area (Å²) in [7, 11) is 0. The van der Waals surface area contributed by atoms with Crippen LogP contribution in [0.25, 0.3) is 71.7 Å². The topological polar surface area (TPSA) is 37.2 Å². The monoisotopic (exact) mass is 845 g/mol. The first-order chi connectivity index (χ1) is 32.6. The zero-order valence-electron chi connectivity index (χ0n) is 36.3. The predicted octanol–water partition coefficient (Wildman–Crippen LogP) is 16.5. The summed E-state index contributed by atoms with van der Waals surface area (Å²) >= 11 is 0. The van der Waals surface area contributed by atoms with Gasteiger partial charge in [0, 0.05) is 73.1 Å². The number of fused-ring (bicyclic) bond motifs is 6. The average molecular weight is 846 g/mol. The Morgan fingerprint density at radius 3 is 1.38 bits per heavy atom. The molecule has 0 bridgehead atoms. The molecule has 0 radical (unpaired) electrons. The van der Waals surface area contributed by atoms with Gasteiger partial charge in [-0.05, 0) is 139 Å². The lowest BCUT2D eigenvalue weighted by molar-refractivity contribution is 1.18. The number of nitrogens with zero attached hydrogens (tertiary/aromatic N) is 5. The van der Waals surface area contributed by atoms with Gasteiger partial charge in [-0.2, -0.15) is 0 Å². The lowest BCUT2D eigenvalue weighted by Crippen LogP contribution is -2.09. The molecule has 5 heteroatoms. The highest BCUT2D eigenvalue weighted by molar-refractivity contribution is 6.12. The molecular weight excluding hydrogens is 803 g/mol. The van der Waals surface area contributed by atoms with Crippen LogP contribution in [-0.4, -0.2) is 14.5 Å². The second-order valence-corrected chi connectivity index (χ2v) is 16.7. The van der Waals surface area contributed by atoms with Gasteiger partial charge in [-0.3, -0.25) is 4.98 Å². The third-order valence-electron chi connectivity index (χ3n) is 12.7. The third-order valence-corrected chi connectivity index (χ3v) is 12.7. The smallest absolute Gasteiger partial charge is 0.0972 e. The summed E-state index contributed by atoms with van der Waals surface area (Å²) in [6.07, 6.45) is 1.84. The molecule has 312 valence electrons. The maximum absolute atomic E-state index is 5.13. The fraction of sp³-hybridized carbons (Fsp3) is 0.0164. The summed E-state index contributed by atoms with van der Waals surface area (Å²) in [6.45, 7) is 2.19. The highest BCUT2D eigenvalue weighted by atomic mass is 15.1. The van der Waals surface area contributed by atoms with E-state index in [-0.39, 0.29) is 0 Å². The minimum Gasteiger partial charge on any atom is -0.310 e. The van der Waals surface area contributed by atoms with Crippen molar-refractivity contribution in [3.63, 3.8) is 0 Å². The van der Waals surface area contributed by atoms with Gasteiger partial charge >= 0.3 is 0 Å². The van der Waals surface area contributed by atoms with E-state index in [4.69, 9.17) is 4.98 Å². The van der Waals surface area contributed by atoms with Crippen molar-refractivity contribution < 1.29 is 0 Å². The summed E-state index contributed by atoms with van der Waals surface area (Å²) in [5.41, 5.74) is 17.4. The zero-order valence-corrected chi connectivity index (χ0v) is 36.3. The molecule has 0 amide bonds. The Kier molecular flexibility index (Phi) is 9.65. The van der Waals surface area contributed by atoms with Crippen molar-refractivity contribution in [1.29, 1.82) is 0 Å². The molecule has 5 nitrogen and oxygen atoms in total. The van der Waals surface area contributed by atoms with Crippen molar-refractivity contribution in [2.75, 3.05) is 9.80 Å². The van der Waals surface area contributed by atoms with E-state index in [0.717, 1.165) is 89.5 Å². The molecule has 0 atom stereocenters. The maximum atomic E-state index is 5.13. The van der Waals surface area contributed by atoms with Crippen LogP contribution in [0.3, 0.4) is 0 Å². The highest BCUT2D eigenvalue weighted by Gasteiger charge is 2.20. The Morgan fingerprint density at radius 1 is 0.379 bits per heavy atom. The highest BCUT2D eigenvalue weighted by Crippen LogP contribution is 2.43. The van der Waals surface area contributed by atoms with Crippen molar-refractivity contribution in [1.82, 2.24) is 14.5 Å². The first kappa shape index (κ1) is 38.8. The lowest BCUT2D eigenvalue weighted by atomic mass is 9.97. The van der Waals surface area contributed by atoms with Crippen molar-refractivity contribution >= 4 is 77.7 Å². The largest absolute Gasteiger partial charge is 0.310 e. The Bertz CT molecular complexity index is 3480. The van der Waals surface area contributed by atoms with Crippen molar-refractivity contribution in [3.05, 3.63) is 248 Å². The number of benzene rings is 9. The Labute approximate surface area is 383 Å². The van der Waals surface area contributed by atoms with Crippen molar-refractivity contribution in [2.45, 2.75) is 6.92 Å². The predicted molar refractivity (Wildman–Crippen MR) is 276 cm³/mol. The van der Waals surface area contributed by atoms with Gasteiger partial charge < -0.3 is 14.4 Å². The summed E-state index contributed by atoms with van der Waals surface area (Å²) in [5, 5.41) is 4.52. The van der Waals surface area contributed by atoms with E-state index in [0.29, 0.717) is 0 Å². The molecule has 0 aliphatic rings. The molecule has 0 N–H and O–H groups in total. The Hall–Kier alpha value is -8.80. The fourth-order valence-electron chi connectivity index (χ4n) is 9.58. The molecule has 3 heterocycles. The van der Waals surface area contributed by atoms with Crippen molar-refractivity contribution in [3.8, 4) is 28.1 Å². The summed E-state index contributed by atoms with van der Waals surface area (Å²) in [6, 6.07) is 84.5. The van der Waals surface area contributed by atoms with Crippen LogP contribution in [0.2, 0.25) is 0 Å². The minimum absolute atomic E-state index is 0.926. The second kappa shape index (κ2) is 16.4. The molecule has 66 heavy (non-hydrogen) atoms. The van der Waals surface area contributed by atoms with Gasteiger partial charge in [-0.1, -0.05) is 121 Å².